The predicted molar refractivity (Wildman–Crippen MR) is 117 cm³/mol. The summed E-state index contributed by atoms with van der Waals surface area (Å²) in [6.07, 6.45) is 1.79. The fraction of sp³-hybridized carbons (Fsp3) is 0.0833. The van der Waals surface area contributed by atoms with Crippen molar-refractivity contribution in [2.45, 2.75) is 13.5 Å². The molecule has 0 saturated carbocycles. The highest BCUT2D eigenvalue weighted by Crippen LogP contribution is 2.26. The number of benzene rings is 3. The minimum absolute atomic E-state index is 0.243. The molecule has 1 heterocycles. The van der Waals surface area contributed by atoms with Crippen LogP contribution in [0.3, 0.4) is 0 Å². The van der Waals surface area contributed by atoms with Crippen molar-refractivity contribution in [2.75, 3.05) is 5.32 Å². The zero-order valence-corrected chi connectivity index (χ0v) is 16.7. The van der Waals surface area contributed by atoms with Crippen LogP contribution in [0, 0.1) is 6.92 Å². The van der Waals surface area contributed by atoms with Gasteiger partial charge in [-0.1, -0.05) is 83.9 Å². The fourth-order valence-electron chi connectivity index (χ4n) is 3.12. The van der Waals surface area contributed by atoms with Gasteiger partial charge in [0.15, 0.2) is 0 Å². The zero-order valence-electron chi connectivity index (χ0n) is 16.0. The van der Waals surface area contributed by atoms with E-state index in [0.29, 0.717) is 28.5 Å². The maximum Gasteiger partial charge on any atom is 0.259 e. The van der Waals surface area contributed by atoms with E-state index in [4.69, 9.17) is 16.7 Å². The van der Waals surface area contributed by atoms with Gasteiger partial charge in [-0.25, -0.2) is 0 Å². The van der Waals surface area contributed by atoms with Gasteiger partial charge < -0.3 is 5.32 Å². The highest BCUT2D eigenvalue weighted by molar-refractivity contribution is 6.34. The van der Waals surface area contributed by atoms with Crippen LogP contribution < -0.4 is 5.32 Å². The van der Waals surface area contributed by atoms with E-state index in [0.717, 1.165) is 16.7 Å². The molecule has 4 rings (SSSR count). The summed E-state index contributed by atoms with van der Waals surface area (Å²) in [4.78, 5) is 13.1. The second kappa shape index (κ2) is 8.33. The maximum absolute atomic E-state index is 13.1. The van der Waals surface area contributed by atoms with Crippen molar-refractivity contribution in [1.82, 2.24) is 9.78 Å². The van der Waals surface area contributed by atoms with Gasteiger partial charge in [0.25, 0.3) is 5.91 Å². The van der Waals surface area contributed by atoms with Crippen LogP contribution in [0.2, 0.25) is 5.02 Å². The van der Waals surface area contributed by atoms with Gasteiger partial charge in [0.2, 0.25) is 0 Å². The van der Waals surface area contributed by atoms with Gasteiger partial charge >= 0.3 is 0 Å². The monoisotopic (exact) mass is 401 g/mol. The Labute approximate surface area is 174 Å². The van der Waals surface area contributed by atoms with Crippen molar-refractivity contribution in [2.24, 2.45) is 0 Å². The lowest BCUT2D eigenvalue weighted by Crippen LogP contribution is -2.12. The highest BCUT2D eigenvalue weighted by Gasteiger charge is 2.19. The molecule has 1 aromatic heterocycles. The summed E-state index contributed by atoms with van der Waals surface area (Å²) in [5, 5.41) is 8.11. The first-order chi connectivity index (χ1) is 14.1. The average Bonchev–Trinajstić information content (AvgIpc) is 3.15. The predicted octanol–water partition coefficient (Wildman–Crippen LogP) is 5.81. The lowest BCUT2D eigenvalue weighted by atomic mass is 10.1. The summed E-state index contributed by atoms with van der Waals surface area (Å²) in [5.74, 6) is -0.243. The molecule has 4 nitrogen and oxygen atoms in total. The van der Waals surface area contributed by atoms with Crippen LogP contribution in [0.1, 0.15) is 21.5 Å². The number of para-hydroxylation sites is 1. The van der Waals surface area contributed by atoms with Gasteiger partial charge in [-0.3, -0.25) is 9.48 Å². The number of hydrogen-bond acceptors (Lipinski definition) is 2. The second-order valence-corrected chi connectivity index (χ2v) is 7.28. The third kappa shape index (κ3) is 4.39. The lowest BCUT2D eigenvalue weighted by molar-refractivity contribution is 0.102. The number of nitrogens with zero attached hydrogens (tertiary/aromatic N) is 2. The summed E-state index contributed by atoms with van der Waals surface area (Å²) in [7, 11) is 0. The van der Waals surface area contributed by atoms with E-state index < -0.39 is 0 Å². The number of aromatic nitrogens is 2. The van der Waals surface area contributed by atoms with Crippen LogP contribution >= 0.6 is 11.6 Å². The molecular formula is C24H20ClN3O. The van der Waals surface area contributed by atoms with Gasteiger partial charge in [-0.05, 0) is 24.6 Å². The Kier molecular flexibility index (Phi) is 5.45. The first kappa shape index (κ1) is 19.0. The molecule has 0 unspecified atom stereocenters. The van der Waals surface area contributed by atoms with Crippen LogP contribution in [0.25, 0.3) is 11.3 Å². The second-order valence-electron chi connectivity index (χ2n) is 6.87. The van der Waals surface area contributed by atoms with Gasteiger partial charge in [-0.15, -0.1) is 0 Å². The Morgan fingerprint density at radius 1 is 0.966 bits per heavy atom. The highest BCUT2D eigenvalue weighted by atomic mass is 35.5. The first-order valence-electron chi connectivity index (χ1n) is 9.34. The third-order valence-electron chi connectivity index (χ3n) is 4.64. The van der Waals surface area contributed by atoms with Crippen molar-refractivity contribution < 1.29 is 4.79 Å². The normalized spacial score (nSPS) is 10.7. The van der Waals surface area contributed by atoms with E-state index in [1.807, 2.05) is 73.7 Å². The summed E-state index contributed by atoms with van der Waals surface area (Å²) < 4.78 is 1.80. The van der Waals surface area contributed by atoms with Crippen molar-refractivity contribution in [3.8, 4) is 11.3 Å². The van der Waals surface area contributed by atoms with Crippen LogP contribution in [0.15, 0.2) is 85.1 Å². The molecule has 0 aliphatic rings. The number of carbonyl (C=O) groups is 1. The number of carbonyl (C=O) groups excluding carboxylic acids is 1. The molecule has 4 aromatic rings. The first-order valence-corrected chi connectivity index (χ1v) is 9.72. The average molecular weight is 402 g/mol. The summed E-state index contributed by atoms with van der Waals surface area (Å²) >= 11 is 6.21. The minimum Gasteiger partial charge on any atom is -0.321 e. The molecule has 3 aromatic carbocycles. The molecule has 0 fully saturated rings. The SMILES string of the molecule is Cc1ccc(-c2nn(Cc3ccccc3)cc2C(=O)Nc2ccccc2Cl)cc1. The fourth-order valence-corrected chi connectivity index (χ4v) is 3.30. The number of aryl methyl sites for hydroxylation is 1. The topological polar surface area (TPSA) is 46.9 Å². The smallest absolute Gasteiger partial charge is 0.259 e. The number of halogens is 1. The van der Waals surface area contributed by atoms with Crippen LogP contribution in [0.4, 0.5) is 5.69 Å². The number of anilines is 1. The van der Waals surface area contributed by atoms with E-state index in [1.54, 1.807) is 23.0 Å². The Balaban J connectivity index is 1.71. The van der Waals surface area contributed by atoms with Gasteiger partial charge in [0.1, 0.15) is 5.69 Å². The van der Waals surface area contributed by atoms with Gasteiger partial charge in [-0.2, -0.15) is 5.10 Å². The van der Waals surface area contributed by atoms with E-state index in [9.17, 15) is 4.79 Å². The molecule has 1 N–H and O–H groups in total. The molecule has 0 radical (unpaired) electrons. The van der Waals surface area contributed by atoms with Crippen LogP contribution in [-0.2, 0) is 6.54 Å². The Bertz CT molecular complexity index is 1130. The molecule has 0 spiro atoms. The van der Waals surface area contributed by atoms with Crippen molar-refractivity contribution in [3.63, 3.8) is 0 Å². The summed E-state index contributed by atoms with van der Waals surface area (Å²) in [6, 6.07) is 25.2. The molecule has 0 atom stereocenters. The Hall–Kier alpha value is -3.37. The van der Waals surface area contributed by atoms with Crippen molar-refractivity contribution in [3.05, 3.63) is 107 Å². The van der Waals surface area contributed by atoms with Crippen molar-refractivity contribution >= 4 is 23.2 Å². The molecule has 29 heavy (non-hydrogen) atoms. The number of rotatable bonds is 5. The molecule has 0 bridgehead atoms. The van der Waals surface area contributed by atoms with E-state index in [1.165, 1.54) is 0 Å². The Morgan fingerprint density at radius 2 is 1.66 bits per heavy atom. The number of nitrogens with one attached hydrogen (secondary N) is 1. The lowest BCUT2D eigenvalue weighted by Gasteiger charge is -2.07. The van der Waals surface area contributed by atoms with E-state index in [-0.39, 0.29) is 5.91 Å². The zero-order chi connectivity index (χ0) is 20.2. The molecular weight excluding hydrogens is 382 g/mol. The third-order valence-corrected chi connectivity index (χ3v) is 4.97. The maximum atomic E-state index is 13.1. The minimum atomic E-state index is -0.243. The number of hydrogen-bond donors (Lipinski definition) is 1. The summed E-state index contributed by atoms with van der Waals surface area (Å²) in [5.41, 5.74) is 4.88. The number of amides is 1. The van der Waals surface area contributed by atoms with Crippen LogP contribution in [0.5, 0.6) is 0 Å². The molecule has 1 amide bonds. The molecule has 0 saturated heterocycles. The Morgan fingerprint density at radius 3 is 2.38 bits per heavy atom. The van der Waals surface area contributed by atoms with E-state index in [2.05, 4.69) is 5.32 Å². The molecule has 144 valence electrons. The van der Waals surface area contributed by atoms with Gasteiger partial charge in [0.05, 0.1) is 22.8 Å². The van der Waals surface area contributed by atoms with E-state index >= 15 is 0 Å². The quantitative estimate of drug-likeness (QED) is 0.458. The van der Waals surface area contributed by atoms with Crippen molar-refractivity contribution in [1.29, 1.82) is 0 Å². The molecule has 5 heteroatoms. The van der Waals surface area contributed by atoms with Gasteiger partial charge in [0, 0.05) is 11.8 Å². The summed E-state index contributed by atoms with van der Waals surface area (Å²) in [6.45, 7) is 2.61. The molecule has 0 aliphatic carbocycles. The standard InChI is InChI=1S/C24H20ClN3O/c1-17-11-13-19(14-12-17)23-20(24(29)26-22-10-6-5-9-21(22)25)16-28(27-23)15-18-7-3-2-4-8-18/h2-14,16H,15H2,1H3,(H,26,29). The molecule has 0 aliphatic heterocycles. The largest absolute Gasteiger partial charge is 0.321 e. The van der Waals surface area contributed by atoms with Crippen LogP contribution in [-0.4, -0.2) is 15.7 Å².